The highest BCUT2D eigenvalue weighted by atomic mass is 32.1. The number of benzene rings is 2. The predicted octanol–water partition coefficient (Wildman–Crippen LogP) is 5.28. The maximum Gasteiger partial charge on any atom is 0.273 e. The fourth-order valence-electron chi connectivity index (χ4n) is 4.96. The molecule has 154 valence electrons. The van der Waals surface area contributed by atoms with E-state index in [1.807, 2.05) is 27.8 Å². The molecule has 31 heavy (non-hydrogen) atoms. The molecule has 0 radical (unpaired) electrons. The van der Waals surface area contributed by atoms with Gasteiger partial charge in [-0.25, -0.2) is 4.98 Å². The van der Waals surface area contributed by atoms with E-state index in [0.29, 0.717) is 12.2 Å². The van der Waals surface area contributed by atoms with E-state index in [0.717, 1.165) is 33.8 Å². The van der Waals surface area contributed by atoms with Gasteiger partial charge >= 0.3 is 0 Å². The monoisotopic (exact) mass is 426 g/mol. The van der Waals surface area contributed by atoms with Crippen LogP contribution in [-0.2, 0) is 6.42 Å². The third kappa shape index (κ3) is 2.68. The Morgan fingerprint density at radius 1 is 1.13 bits per heavy atom. The minimum absolute atomic E-state index is 0.0287. The zero-order chi connectivity index (χ0) is 21.1. The summed E-state index contributed by atoms with van der Waals surface area (Å²) < 4.78 is 1.93. The van der Waals surface area contributed by atoms with E-state index in [1.165, 1.54) is 16.5 Å². The molecule has 0 saturated heterocycles. The Balaban J connectivity index is 1.56. The molecule has 0 aliphatic carbocycles. The lowest BCUT2D eigenvalue weighted by atomic mass is 9.90. The first-order valence-electron chi connectivity index (χ1n) is 10.5. The quantitative estimate of drug-likeness (QED) is 0.417. The molecule has 1 atom stereocenters. The summed E-state index contributed by atoms with van der Waals surface area (Å²) >= 11 is 1.55. The van der Waals surface area contributed by atoms with E-state index in [2.05, 4.69) is 65.4 Å². The summed E-state index contributed by atoms with van der Waals surface area (Å²) in [6, 6.07) is 16.6. The third-order valence-electron chi connectivity index (χ3n) is 6.42. The average Bonchev–Trinajstić information content (AvgIpc) is 3.45. The van der Waals surface area contributed by atoms with Gasteiger partial charge in [-0.1, -0.05) is 42.5 Å². The minimum atomic E-state index is -0.159. The fourth-order valence-corrected chi connectivity index (χ4v) is 5.72. The highest BCUT2D eigenvalue weighted by Gasteiger charge is 2.37. The van der Waals surface area contributed by atoms with Gasteiger partial charge in [0, 0.05) is 34.7 Å². The molecular weight excluding hydrogens is 404 g/mol. The van der Waals surface area contributed by atoms with Crippen LogP contribution in [0.5, 0.6) is 0 Å². The molecular formula is C25H22N4OS. The van der Waals surface area contributed by atoms with Crippen molar-refractivity contribution in [3.05, 3.63) is 93.9 Å². The van der Waals surface area contributed by atoms with Crippen molar-refractivity contribution in [3.63, 3.8) is 0 Å². The van der Waals surface area contributed by atoms with Crippen LogP contribution in [0.3, 0.4) is 0 Å². The van der Waals surface area contributed by atoms with Crippen LogP contribution < -0.4 is 0 Å². The van der Waals surface area contributed by atoms with Gasteiger partial charge in [0.05, 0.1) is 11.7 Å². The topological polar surface area (TPSA) is 53.4 Å². The van der Waals surface area contributed by atoms with Gasteiger partial charge in [-0.15, -0.1) is 11.3 Å². The number of imidazole rings is 1. The van der Waals surface area contributed by atoms with E-state index in [4.69, 9.17) is 0 Å². The lowest BCUT2D eigenvalue weighted by Crippen LogP contribution is -2.41. The van der Waals surface area contributed by atoms with Crippen molar-refractivity contribution in [2.45, 2.75) is 26.3 Å². The molecule has 2 aromatic carbocycles. The Morgan fingerprint density at radius 3 is 2.81 bits per heavy atom. The van der Waals surface area contributed by atoms with Crippen LogP contribution in [0, 0.1) is 13.8 Å². The number of fused-ring (bicyclic) bond motifs is 4. The number of thiazole rings is 1. The van der Waals surface area contributed by atoms with Crippen molar-refractivity contribution < 1.29 is 4.79 Å². The maximum absolute atomic E-state index is 14.0. The Labute approximate surface area is 184 Å². The first kappa shape index (κ1) is 18.4. The molecule has 4 heterocycles. The van der Waals surface area contributed by atoms with Crippen molar-refractivity contribution in [2.75, 3.05) is 6.54 Å². The summed E-state index contributed by atoms with van der Waals surface area (Å²) in [7, 11) is 0. The van der Waals surface area contributed by atoms with Crippen molar-refractivity contribution in [2.24, 2.45) is 0 Å². The summed E-state index contributed by atoms with van der Waals surface area (Å²) in [5, 5.41) is 3.23. The van der Waals surface area contributed by atoms with E-state index in [1.54, 1.807) is 11.3 Å². The standard InChI is InChI=1S/C25H22N4OS/c1-15-7-3-4-8-17(15)23-21-19(18-9-5-6-10-20(18)27-21)11-12-28(23)24(30)22-16(2)26-25-29(22)13-14-31-25/h3-10,13-14,23,27H,11-12H2,1-2H3/t23-/m1/s1. The molecule has 0 unspecified atom stereocenters. The van der Waals surface area contributed by atoms with E-state index in [9.17, 15) is 4.79 Å². The molecule has 0 saturated carbocycles. The summed E-state index contributed by atoms with van der Waals surface area (Å²) in [4.78, 5) is 25.1. The van der Waals surface area contributed by atoms with Gasteiger partial charge in [0.25, 0.3) is 5.91 Å². The second-order valence-electron chi connectivity index (χ2n) is 8.17. The van der Waals surface area contributed by atoms with Crippen molar-refractivity contribution >= 4 is 33.1 Å². The molecule has 0 fully saturated rings. The molecule has 1 amide bonds. The van der Waals surface area contributed by atoms with Crippen LogP contribution in [0.25, 0.3) is 15.9 Å². The second kappa shape index (κ2) is 6.82. The zero-order valence-corrected chi connectivity index (χ0v) is 18.2. The smallest absolute Gasteiger partial charge is 0.273 e. The Hall–Kier alpha value is -3.38. The van der Waals surface area contributed by atoms with Gasteiger partial charge in [0.2, 0.25) is 0 Å². The van der Waals surface area contributed by atoms with Crippen molar-refractivity contribution in [1.29, 1.82) is 0 Å². The number of para-hydroxylation sites is 1. The normalized spacial score (nSPS) is 16.2. The Kier molecular flexibility index (Phi) is 4.05. The number of aryl methyl sites for hydroxylation is 2. The van der Waals surface area contributed by atoms with Crippen LogP contribution >= 0.6 is 11.3 Å². The summed E-state index contributed by atoms with van der Waals surface area (Å²) in [5.74, 6) is 0.0287. The Morgan fingerprint density at radius 2 is 1.94 bits per heavy atom. The fraction of sp³-hybridized carbons (Fsp3) is 0.200. The number of amides is 1. The number of rotatable bonds is 2. The molecule has 1 N–H and O–H groups in total. The van der Waals surface area contributed by atoms with E-state index < -0.39 is 0 Å². The largest absolute Gasteiger partial charge is 0.356 e. The molecule has 5 aromatic rings. The van der Waals surface area contributed by atoms with Gasteiger partial charge in [-0.3, -0.25) is 9.20 Å². The Bertz CT molecular complexity index is 1460. The molecule has 1 aliphatic rings. The number of nitrogens with one attached hydrogen (secondary N) is 1. The molecule has 0 spiro atoms. The van der Waals surface area contributed by atoms with Gasteiger partial charge in [0.15, 0.2) is 4.96 Å². The van der Waals surface area contributed by atoms with Crippen LogP contribution in [-0.4, -0.2) is 31.7 Å². The molecule has 1 aliphatic heterocycles. The van der Waals surface area contributed by atoms with Crippen LogP contribution in [0.2, 0.25) is 0 Å². The number of aromatic amines is 1. The number of carbonyl (C=O) groups excluding carboxylic acids is 1. The number of hydrogen-bond donors (Lipinski definition) is 1. The predicted molar refractivity (Wildman–Crippen MR) is 124 cm³/mol. The summed E-state index contributed by atoms with van der Waals surface area (Å²) in [5.41, 5.74) is 7.35. The molecule has 3 aromatic heterocycles. The molecule has 6 heteroatoms. The SMILES string of the molecule is Cc1ccccc1[C@@H]1c2[nH]c3ccccc3c2CCN1C(=O)c1c(C)nc2sccn12. The zero-order valence-electron chi connectivity index (χ0n) is 17.4. The summed E-state index contributed by atoms with van der Waals surface area (Å²) in [6.07, 6.45) is 2.77. The number of H-pyrrole nitrogens is 1. The third-order valence-corrected chi connectivity index (χ3v) is 7.17. The van der Waals surface area contributed by atoms with Crippen LogP contribution in [0.1, 0.15) is 44.6 Å². The summed E-state index contributed by atoms with van der Waals surface area (Å²) in [6.45, 7) is 4.72. The molecule has 0 bridgehead atoms. The first-order valence-corrected chi connectivity index (χ1v) is 11.4. The first-order chi connectivity index (χ1) is 15.1. The van der Waals surface area contributed by atoms with Gasteiger partial charge in [-0.2, -0.15) is 0 Å². The van der Waals surface area contributed by atoms with E-state index in [-0.39, 0.29) is 11.9 Å². The van der Waals surface area contributed by atoms with Gasteiger partial charge in [-0.05, 0) is 43.0 Å². The second-order valence-corrected chi connectivity index (χ2v) is 9.04. The van der Waals surface area contributed by atoms with Gasteiger partial charge in [0.1, 0.15) is 5.69 Å². The molecule has 5 nitrogen and oxygen atoms in total. The highest BCUT2D eigenvalue weighted by molar-refractivity contribution is 7.15. The van der Waals surface area contributed by atoms with Crippen LogP contribution in [0.15, 0.2) is 60.1 Å². The highest BCUT2D eigenvalue weighted by Crippen LogP contribution is 2.40. The lowest BCUT2D eigenvalue weighted by molar-refractivity contribution is 0.0683. The van der Waals surface area contributed by atoms with Gasteiger partial charge < -0.3 is 9.88 Å². The number of carbonyl (C=O) groups is 1. The molecule has 6 rings (SSSR count). The lowest BCUT2D eigenvalue weighted by Gasteiger charge is -2.37. The maximum atomic E-state index is 14.0. The number of hydrogen-bond acceptors (Lipinski definition) is 3. The number of aromatic nitrogens is 3. The van der Waals surface area contributed by atoms with Crippen LogP contribution in [0.4, 0.5) is 0 Å². The van der Waals surface area contributed by atoms with E-state index >= 15 is 0 Å². The van der Waals surface area contributed by atoms with Crippen molar-refractivity contribution in [1.82, 2.24) is 19.3 Å². The average molecular weight is 427 g/mol. The minimum Gasteiger partial charge on any atom is -0.356 e. The van der Waals surface area contributed by atoms with Crippen molar-refractivity contribution in [3.8, 4) is 0 Å². The number of nitrogens with zero attached hydrogens (tertiary/aromatic N) is 3.